The molecule has 0 aliphatic heterocycles. The molecule has 0 aliphatic rings. The highest BCUT2D eigenvalue weighted by Crippen LogP contribution is 2.27. The zero-order valence-corrected chi connectivity index (χ0v) is 10.5. The summed E-state index contributed by atoms with van der Waals surface area (Å²) in [6.45, 7) is 0. The van der Waals surface area contributed by atoms with Gasteiger partial charge in [0.25, 0.3) is 0 Å². The van der Waals surface area contributed by atoms with Crippen LogP contribution in [0.2, 0.25) is 0 Å². The van der Waals surface area contributed by atoms with Gasteiger partial charge in [-0.25, -0.2) is 0 Å². The van der Waals surface area contributed by atoms with Gasteiger partial charge in [0.1, 0.15) is 5.75 Å². The Balaban J connectivity index is 2.17. The molecule has 0 saturated carbocycles. The molecule has 7 heteroatoms. The van der Waals surface area contributed by atoms with Crippen LogP contribution in [0.25, 0.3) is 11.3 Å². The fourth-order valence-electron chi connectivity index (χ4n) is 1.33. The second-order valence-corrected chi connectivity index (χ2v) is 3.95. The summed E-state index contributed by atoms with van der Waals surface area (Å²) in [5, 5.41) is 4.31. The molecule has 0 atom stereocenters. The molecule has 18 heavy (non-hydrogen) atoms. The number of hydrogen-bond donors (Lipinski definition) is 0. The topological polar surface area (TPSA) is 35.3 Å². The first-order valence-electron chi connectivity index (χ1n) is 4.86. The Hall–Kier alpha value is -1.50. The summed E-state index contributed by atoms with van der Waals surface area (Å²) in [6.07, 6.45) is -4.68. The maximum Gasteiger partial charge on any atom is 0.573 e. The molecule has 0 fully saturated rings. The lowest BCUT2D eigenvalue weighted by Gasteiger charge is -2.08. The molecule has 1 aromatic carbocycles. The molecule has 0 radical (unpaired) electrons. The molecule has 1 aromatic heterocycles. The minimum atomic E-state index is -4.68. The maximum absolute atomic E-state index is 12.0. The van der Waals surface area contributed by atoms with Crippen LogP contribution in [0.4, 0.5) is 13.2 Å². The van der Waals surface area contributed by atoms with Gasteiger partial charge < -0.3 is 9.26 Å². The van der Waals surface area contributed by atoms with E-state index in [0.29, 0.717) is 22.3 Å². The molecule has 0 bridgehead atoms. The van der Waals surface area contributed by atoms with Crippen molar-refractivity contribution in [2.45, 2.75) is 11.7 Å². The molecule has 96 valence electrons. The summed E-state index contributed by atoms with van der Waals surface area (Å²) < 4.78 is 44.7. The fourth-order valence-corrected chi connectivity index (χ4v) is 1.60. The van der Waals surface area contributed by atoms with Gasteiger partial charge in [0, 0.05) is 17.0 Å². The van der Waals surface area contributed by atoms with Crippen LogP contribution in [-0.2, 0) is 5.33 Å². The van der Waals surface area contributed by atoms with E-state index in [1.807, 2.05) is 0 Å². The van der Waals surface area contributed by atoms with E-state index in [0.717, 1.165) is 0 Å². The molecule has 0 saturated heterocycles. The molecule has 3 nitrogen and oxygen atoms in total. The van der Waals surface area contributed by atoms with E-state index in [-0.39, 0.29) is 5.75 Å². The Morgan fingerprint density at radius 1 is 1.22 bits per heavy atom. The predicted octanol–water partition coefficient (Wildman–Crippen LogP) is 4.14. The second kappa shape index (κ2) is 5.01. The third-order valence-electron chi connectivity index (χ3n) is 2.07. The molecular formula is C11H7BrF3NO2. The van der Waals surface area contributed by atoms with Gasteiger partial charge in [-0.1, -0.05) is 21.1 Å². The van der Waals surface area contributed by atoms with Gasteiger partial charge >= 0.3 is 6.36 Å². The normalized spacial score (nSPS) is 11.6. The highest BCUT2D eigenvalue weighted by Gasteiger charge is 2.30. The van der Waals surface area contributed by atoms with Gasteiger partial charge in [-0.15, -0.1) is 13.2 Å². The Kier molecular flexibility index (Phi) is 3.60. The highest BCUT2D eigenvalue weighted by atomic mass is 79.9. The number of ether oxygens (including phenoxy) is 1. The zero-order chi connectivity index (χ0) is 13.2. The molecule has 2 rings (SSSR count). The first kappa shape index (κ1) is 12.9. The van der Waals surface area contributed by atoms with Crippen molar-refractivity contribution in [2.75, 3.05) is 0 Å². The van der Waals surface area contributed by atoms with Crippen LogP contribution in [0, 0.1) is 0 Å². The summed E-state index contributed by atoms with van der Waals surface area (Å²) in [4.78, 5) is 0. The van der Waals surface area contributed by atoms with Crippen molar-refractivity contribution in [3.05, 3.63) is 36.0 Å². The number of halogens is 4. The summed E-state index contributed by atoms with van der Waals surface area (Å²) >= 11 is 3.22. The average Bonchev–Trinajstić information content (AvgIpc) is 2.76. The van der Waals surface area contributed by atoms with Crippen LogP contribution in [-0.4, -0.2) is 11.5 Å². The molecule has 0 amide bonds. The lowest BCUT2D eigenvalue weighted by molar-refractivity contribution is -0.274. The van der Waals surface area contributed by atoms with Crippen molar-refractivity contribution in [3.8, 4) is 17.1 Å². The smallest absolute Gasteiger partial charge is 0.406 e. The van der Waals surface area contributed by atoms with Gasteiger partial charge in [-0.2, -0.15) is 0 Å². The van der Waals surface area contributed by atoms with E-state index in [1.165, 1.54) is 24.3 Å². The van der Waals surface area contributed by atoms with Gasteiger partial charge in [-0.05, 0) is 24.3 Å². The second-order valence-electron chi connectivity index (χ2n) is 3.39. The van der Waals surface area contributed by atoms with Gasteiger partial charge in [0.2, 0.25) is 0 Å². The number of nitrogens with zero attached hydrogens (tertiary/aromatic N) is 1. The number of rotatable bonds is 3. The van der Waals surface area contributed by atoms with Crippen LogP contribution in [0.1, 0.15) is 5.69 Å². The first-order chi connectivity index (χ1) is 8.48. The molecule has 1 heterocycles. The Labute approximate surface area is 109 Å². The van der Waals surface area contributed by atoms with Gasteiger partial charge in [-0.3, -0.25) is 0 Å². The van der Waals surface area contributed by atoms with Crippen LogP contribution >= 0.6 is 15.9 Å². The standard InChI is InChI=1S/C11H7BrF3NO2/c12-6-8-5-10(18-16-8)7-1-3-9(4-2-7)17-11(13,14)15/h1-5H,6H2. The maximum atomic E-state index is 12.0. The summed E-state index contributed by atoms with van der Waals surface area (Å²) in [5.74, 6) is 0.217. The number of aromatic nitrogens is 1. The third-order valence-corrected chi connectivity index (χ3v) is 2.64. The first-order valence-corrected chi connectivity index (χ1v) is 5.98. The molecule has 0 spiro atoms. The average molecular weight is 322 g/mol. The van der Waals surface area contributed by atoms with E-state index in [9.17, 15) is 13.2 Å². The molecule has 0 N–H and O–H groups in total. The van der Waals surface area contributed by atoms with E-state index in [2.05, 4.69) is 25.8 Å². The largest absolute Gasteiger partial charge is 0.573 e. The summed E-state index contributed by atoms with van der Waals surface area (Å²) in [6, 6.07) is 7.09. The number of benzene rings is 1. The van der Waals surface area contributed by atoms with Crippen LogP contribution < -0.4 is 4.74 Å². The minimum Gasteiger partial charge on any atom is -0.406 e. The van der Waals surface area contributed by atoms with E-state index >= 15 is 0 Å². The van der Waals surface area contributed by atoms with E-state index in [1.54, 1.807) is 6.07 Å². The van der Waals surface area contributed by atoms with Crippen molar-refractivity contribution in [1.82, 2.24) is 5.16 Å². The Morgan fingerprint density at radius 3 is 2.39 bits per heavy atom. The Morgan fingerprint density at radius 2 is 1.89 bits per heavy atom. The predicted molar refractivity (Wildman–Crippen MR) is 61.3 cm³/mol. The SMILES string of the molecule is FC(F)(F)Oc1ccc(-c2cc(CBr)no2)cc1. The third kappa shape index (κ3) is 3.25. The van der Waals surface area contributed by atoms with Gasteiger partial charge in [0.05, 0.1) is 5.69 Å². The van der Waals surface area contributed by atoms with Crippen LogP contribution in [0.15, 0.2) is 34.9 Å². The molecule has 0 unspecified atom stereocenters. The van der Waals surface area contributed by atoms with Crippen molar-refractivity contribution < 1.29 is 22.4 Å². The number of alkyl halides is 4. The molecular weight excluding hydrogens is 315 g/mol. The lowest BCUT2D eigenvalue weighted by atomic mass is 10.1. The molecule has 2 aromatic rings. The van der Waals surface area contributed by atoms with Crippen molar-refractivity contribution in [1.29, 1.82) is 0 Å². The van der Waals surface area contributed by atoms with Crippen LogP contribution in [0.5, 0.6) is 5.75 Å². The summed E-state index contributed by atoms with van der Waals surface area (Å²) in [7, 11) is 0. The monoisotopic (exact) mass is 321 g/mol. The van der Waals surface area contributed by atoms with Crippen molar-refractivity contribution >= 4 is 15.9 Å². The number of hydrogen-bond acceptors (Lipinski definition) is 3. The molecule has 0 aliphatic carbocycles. The highest BCUT2D eigenvalue weighted by molar-refractivity contribution is 9.08. The fraction of sp³-hybridized carbons (Fsp3) is 0.182. The lowest BCUT2D eigenvalue weighted by Crippen LogP contribution is -2.16. The minimum absolute atomic E-state index is 0.272. The Bertz CT molecular complexity index is 522. The zero-order valence-electron chi connectivity index (χ0n) is 8.87. The van der Waals surface area contributed by atoms with Crippen molar-refractivity contribution in [2.24, 2.45) is 0 Å². The summed E-state index contributed by atoms with van der Waals surface area (Å²) in [5.41, 5.74) is 1.34. The van der Waals surface area contributed by atoms with E-state index < -0.39 is 6.36 Å². The van der Waals surface area contributed by atoms with E-state index in [4.69, 9.17) is 4.52 Å². The van der Waals surface area contributed by atoms with Gasteiger partial charge in [0.15, 0.2) is 5.76 Å². The quantitative estimate of drug-likeness (QED) is 0.797. The van der Waals surface area contributed by atoms with Crippen molar-refractivity contribution in [3.63, 3.8) is 0 Å². The van der Waals surface area contributed by atoms with Crippen LogP contribution in [0.3, 0.4) is 0 Å².